The molecule has 224 valence electrons. The number of ketones is 2. The minimum Gasteiger partial charge on any atom is -0.511 e. The lowest BCUT2D eigenvalue weighted by Gasteiger charge is -2.45. The summed E-state index contributed by atoms with van der Waals surface area (Å²) in [6.45, 7) is 9.47. The quantitative estimate of drug-likeness (QED) is 0.285. The van der Waals surface area contributed by atoms with Gasteiger partial charge in [0.05, 0.1) is 11.1 Å². The third-order valence-electron chi connectivity index (χ3n) is 8.16. The third-order valence-corrected chi connectivity index (χ3v) is 8.16. The minimum atomic E-state index is -4.90. The Morgan fingerprint density at radius 1 is 1.10 bits per heavy atom. The Hall–Kier alpha value is -3.38. The summed E-state index contributed by atoms with van der Waals surface area (Å²) in [6.07, 6.45) is -5.44. The van der Waals surface area contributed by atoms with E-state index in [1.165, 1.54) is 0 Å². The van der Waals surface area contributed by atoms with Crippen LogP contribution in [0.2, 0.25) is 0 Å². The van der Waals surface area contributed by atoms with E-state index in [9.17, 15) is 48.0 Å². The summed E-state index contributed by atoms with van der Waals surface area (Å²) in [7, 11) is 0. The smallest absolute Gasteiger partial charge is 0.417 e. The number of carbonyl (C=O) groups excluding carboxylic acids is 3. The highest BCUT2D eigenvalue weighted by atomic mass is 19.4. The molecular weight excluding hydrogens is 545 g/mol. The number of phenols is 1. The average molecular weight is 581 g/mol. The van der Waals surface area contributed by atoms with Crippen molar-refractivity contribution in [2.45, 2.75) is 84.2 Å². The summed E-state index contributed by atoms with van der Waals surface area (Å²) in [5.41, 5.74) is -2.20. The monoisotopic (exact) mass is 580 g/mol. The van der Waals surface area contributed by atoms with Gasteiger partial charge in [-0.05, 0) is 61.6 Å². The lowest BCUT2D eigenvalue weighted by Crippen LogP contribution is -2.57. The SMILES string of the molecule is CC(C)(C)CC(C)(C)NCc1cc(O)c2c(c1C(F)(F)F)CC1C[C@H]3CC(O)=C(C(N)=O)C(=O)[C@@]3(O)C(O)=C1C2=O. The molecular formula is C29H35F3N2O7. The number of hydrogen-bond acceptors (Lipinski definition) is 8. The van der Waals surface area contributed by atoms with Gasteiger partial charge in [-0.3, -0.25) is 14.4 Å². The summed E-state index contributed by atoms with van der Waals surface area (Å²) < 4.78 is 43.8. The molecule has 0 aliphatic heterocycles. The number of aliphatic hydroxyl groups is 3. The normalized spacial score (nSPS) is 25.2. The molecule has 7 N–H and O–H groups in total. The molecule has 1 aromatic rings. The Morgan fingerprint density at radius 2 is 1.71 bits per heavy atom. The minimum absolute atomic E-state index is 0.121. The standard InChI is InChI=1S/C29H35F3N2O7/c1-26(2,3)11-27(4,5)34-10-13-8-16(35)19-15(21(13)29(30,31)32)7-12-6-14-9-17(36)20(25(33)40)24(39)28(14,41)23(38)18(12)22(19)37/h8,12,14,34-36,38,41H,6-7,9-11H2,1-5H3,(H2,33,40)/t12?,14-,28-/m0/s1. The number of nitrogens with one attached hydrogen (secondary N) is 1. The first-order chi connectivity index (χ1) is 18.6. The number of allylic oxidation sites excluding steroid dienone is 2. The summed E-state index contributed by atoms with van der Waals surface area (Å²) in [5.74, 6) is -8.79. The molecule has 41 heavy (non-hydrogen) atoms. The summed E-state index contributed by atoms with van der Waals surface area (Å²) >= 11 is 0. The van der Waals surface area contributed by atoms with E-state index in [-0.39, 0.29) is 23.9 Å². The van der Waals surface area contributed by atoms with Gasteiger partial charge in [-0.15, -0.1) is 0 Å². The van der Waals surface area contributed by atoms with Gasteiger partial charge < -0.3 is 31.5 Å². The summed E-state index contributed by atoms with van der Waals surface area (Å²) in [6, 6.07) is 0.871. The van der Waals surface area contributed by atoms with Crippen molar-refractivity contribution in [3.63, 3.8) is 0 Å². The number of amides is 1. The molecule has 1 amide bonds. The van der Waals surface area contributed by atoms with E-state index in [0.29, 0.717) is 6.42 Å². The number of rotatable bonds is 5. The summed E-state index contributed by atoms with van der Waals surface area (Å²) in [5, 5.41) is 46.6. The molecule has 0 spiro atoms. The largest absolute Gasteiger partial charge is 0.511 e. The van der Waals surface area contributed by atoms with Crippen LogP contribution in [0.4, 0.5) is 13.2 Å². The Balaban J connectivity index is 1.84. The molecule has 0 saturated carbocycles. The van der Waals surface area contributed by atoms with Gasteiger partial charge in [-0.25, -0.2) is 0 Å². The van der Waals surface area contributed by atoms with Crippen LogP contribution in [0, 0.1) is 17.3 Å². The second-order valence-electron chi connectivity index (χ2n) is 13.2. The van der Waals surface area contributed by atoms with E-state index in [1.807, 2.05) is 34.6 Å². The van der Waals surface area contributed by atoms with Crippen molar-refractivity contribution in [1.29, 1.82) is 0 Å². The van der Waals surface area contributed by atoms with Gasteiger partial charge in [-0.2, -0.15) is 13.2 Å². The molecule has 0 aromatic heterocycles. The molecule has 0 bridgehead atoms. The van der Waals surface area contributed by atoms with Crippen molar-refractivity contribution in [3.05, 3.63) is 51.0 Å². The highest BCUT2D eigenvalue weighted by molar-refractivity contribution is 6.24. The molecule has 0 saturated heterocycles. The van der Waals surface area contributed by atoms with Crippen LogP contribution >= 0.6 is 0 Å². The first-order valence-corrected chi connectivity index (χ1v) is 13.3. The fourth-order valence-corrected chi connectivity index (χ4v) is 6.97. The first-order valence-electron chi connectivity index (χ1n) is 13.3. The third kappa shape index (κ3) is 5.12. The van der Waals surface area contributed by atoms with Gasteiger partial charge in [0.15, 0.2) is 11.4 Å². The molecule has 3 aliphatic rings. The number of fused-ring (bicyclic) bond motifs is 3. The number of phenolic OH excluding ortho intramolecular Hbond substituents is 1. The molecule has 3 atom stereocenters. The number of aliphatic hydroxyl groups excluding tert-OH is 2. The van der Waals surface area contributed by atoms with Crippen molar-refractivity contribution < 1.29 is 48.0 Å². The maximum Gasteiger partial charge on any atom is 0.417 e. The molecule has 0 fully saturated rings. The van der Waals surface area contributed by atoms with E-state index < -0.39 is 105 Å². The lowest BCUT2D eigenvalue weighted by atomic mass is 9.60. The molecule has 4 rings (SSSR count). The Labute approximate surface area is 234 Å². The Morgan fingerprint density at radius 3 is 2.24 bits per heavy atom. The number of halogens is 3. The van der Waals surface area contributed by atoms with Crippen LogP contribution in [0.25, 0.3) is 0 Å². The molecule has 9 nitrogen and oxygen atoms in total. The zero-order valence-corrected chi connectivity index (χ0v) is 23.5. The van der Waals surface area contributed by atoms with Gasteiger partial charge in [0.1, 0.15) is 22.8 Å². The van der Waals surface area contributed by atoms with Crippen molar-refractivity contribution in [3.8, 4) is 5.75 Å². The number of primary amides is 1. The number of aromatic hydroxyl groups is 1. The second kappa shape index (κ2) is 9.59. The van der Waals surface area contributed by atoms with Gasteiger partial charge in [-0.1, -0.05) is 20.8 Å². The van der Waals surface area contributed by atoms with Crippen LogP contribution in [0.1, 0.15) is 80.9 Å². The number of hydrogen-bond donors (Lipinski definition) is 6. The highest BCUT2D eigenvalue weighted by Gasteiger charge is 2.60. The van der Waals surface area contributed by atoms with E-state index in [1.54, 1.807) is 0 Å². The van der Waals surface area contributed by atoms with Crippen LogP contribution in [0.15, 0.2) is 28.7 Å². The van der Waals surface area contributed by atoms with Gasteiger partial charge in [0.25, 0.3) is 5.91 Å². The highest BCUT2D eigenvalue weighted by Crippen LogP contribution is 2.53. The van der Waals surface area contributed by atoms with Crippen molar-refractivity contribution in [2.75, 3.05) is 0 Å². The van der Waals surface area contributed by atoms with E-state index in [4.69, 9.17) is 5.73 Å². The molecule has 1 unspecified atom stereocenters. The fraction of sp³-hybridized carbons (Fsp3) is 0.552. The number of alkyl halides is 3. The molecule has 3 aliphatic carbocycles. The number of Topliss-reactive ketones (excluding diaryl/α,β-unsaturated/α-hetero) is 2. The Kier molecular flexibility index (Phi) is 7.15. The van der Waals surface area contributed by atoms with Gasteiger partial charge >= 0.3 is 6.18 Å². The van der Waals surface area contributed by atoms with E-state index >= 15 is 0 Å². The predicted molar refractivity (Wildman–Crippen MR) is 141 cm³/mol. The molecule has 0 radical (unpaired) electrons. The lowest BCUT2D eigenvalue weighted by molar-refractivity contribution is -0.144. The van der Waals surface area contributed by atoms with E-state index in [2.05, 4.69) is 5.32 Å². The topological polar surface area (TPSA) is 170 Å². The predicted octanol–water partition coefficient (Wildman–Crippen LogP) is 3.90. The molecule has 1 aromatic carbocycles. The van der Waals surface area contributed by atoms with Crippen LogP contribution in [0.3, 0.4) is 0 Å². The van der Waals surface area contributed by atoms with E-state index in [0.717, 1.165) is 6.07 Å². The van der Waals surface area contributed by atoms with Crippen LogP contribution in [-0.4, -0.2) is 49.0 Å². The van der Waals surface area contributed by atoms with Crippen molar-refractivity contribution in [1.82, 2.24) is 5.32 Å². The molecule has 12 heteroatoms. The second-order valence-corrected chi connectivity index (χ2v) is 13.2. The maximum atomic E-state index is 14.6. The number of nitrogens with two attached hydrogens (primary N) is 1. The summed E-state index contributed by atoms with van der Waals surface area (Å²) in [4.78, 5) is 38.4. The van der Waals surface area contributed by atoms with Gasteiger partial charge in [0.2, 0.25) is 5.78 Å². The van der Waals surface area contributed by atoms with Crippen LogP contribution in [0.5, 0.6) is 5.75 Å². The van der Waals surface area contributed by atoms with Gasteiger partial charge in [0, 0.05) is 30.0 Å². The zero-order valence-electron chi connectivity index (χ0n) is 23.5. The van der Waals surface area contributed by atoms with Crippen molar-refractivity contribution in [2.24, 2.45) is 23.0 Å². The number of benzene rings is 1. The number of carbonyl (C=O) groups is 3. The molecule has 0 heterocycles. The maximum absolute atomic E-state index is 14.6. The van der Waals surface area contributed by atoms with Crippen molar-refractivity contribution >= 4 is 17.5 Å². The average Bonchev–Trinajstić information content (AvgIpc) is 2.77. The van der Waals surface area contributed by atoms with Crippen LogP contribution in [-0.2, 0) is 28.7 Å². The van der Waals surface area contributed by atoms with Crippen LogP contribution < -0.4 is 11.1 Å². The fourth-order valence-electron chi connectivity index (χ4n) is 6.97. The first kappa shape index (κ1) is 30.6. The Bertz CT molecular complexity index is 1420. The zero-order chi connectivity index (χ0) is 31.0.